The molecule has 31 heavy (non-hydrogen) atoms. The summed E-state index contributed by atoms with van der Waals surface area (Å²) in [5, 5.41) is 4.19. The molecule has 6 nitrogen and oxygen atoms in total. The number of amides is 1. The maximum Gasteiger partial charge on any atom is 0.236 e. The van der Waals surface area contributed by atoms with E-state index in [9.17, 15) is 14.0 Å². The Hall–Kier alpha value is -3.06. The molecule has 3 aromatic rings. The molecule has 7 heteroatoms. The highest BCUT2D eigenvalue weighted by atomic mass is 19.1. The van der Waals surface area contributed by atoms with Crippen LogP contribution in [0.15, 0.2) is 42.6 Å². The lowest BCUT2D eigenvalue weighted by Gasteiger charge is -2.29. The first-order chi connectivity index (χ1) is 14.9. The number of nitrogens with zero attached hydrogens (tertiary/aromatic N) is 3. The fourth-order valence-corrected chi connectivity index (χ4v) is 4.11. The minimum Gasteiger partial charge on any atom is -0.335 e. The molecule has 162 valence electrons. The second kappa shape index (κ2) is 8.59. The van der Waals surface area contributed by atoms with Gasteiger partial charge in [0.15, 0.2) is 0 Å². The van der Waals surface area contributed by atoms with Gasteiger partial charge in [-0.2, -0.15) is 0 Å². The number of hydrogen-bond donors (Lipinski definition) is 1. The van der Waals surface area contributed by atoms with Crippen molar-refractivity contribution < 1.29 is 14.0 Å². The van der Waals surface area contributed by atoms with Gasteiger partial charge in [-0.25, -0.2) is 9.37 Å². The molecule has 0 fully saturated rings. The van der Waals surface area contributed by atoms with Crippen LogP contribution in [0.5, 0.6) is 0 Å². The second-order valence-electron chi connectivity index (χ2n) is 8.79. The highest BCUT2D eigenvalue weighted by Crippen LogP contribution is 2.30. The number of carbonyl (C=O) groups excluding carboxylic acids is 2. The number of fused-ring (bicyclic) bond motifs is 3. The van der Waals surface area contributed by atoms with Crippen molar-refractivity contribution in [2.45, 2.75) is 33.4 Å². The molecule has 0 bridgehead atoms. The molecule has 1 aromatic carbocycles. The molecule has 2 aromatic heterocycles. The van der Waals surface area contributed by atoms with Crippen LogP contribution in [0, 0.1) is 11.2 Å². The molecule has 0 unspecified atom stereocenters. The molecule has 1 aliphatic heterocycles. The Morgan fingerprint density at radius 1 is 1.29 bits per heavy atom. The molecule has 0 aliphatic carbocycles. The van der Waals surface area contributed by atoms with Crippen LogP contribution in [0.4, 0.5) is 4.39 Å². The van der Waals surface area contributed by atoms with Crippen LogP contribution < -0.4 is 5.32 Å². The number of carbonyl (C=O) groups is 2. The molecule has 1 N–H and O–H groups in total. The van der Waals surface area contributed by atoms with E-state index in [1.807, 2.05) is 30.9 Å². The third kappa shape index (κ3) is 4.51. The zero-order valence-corrected chi connectivity index (χ0v) is 17.9. The third-order valence-corrected chi connectivity index (χ3v) is 5.77. The Kier molecular flexibility index (Phi) is 5.87. The Bertz CT molecular complexity index is 1120. The number of nitrogens with one attached hydrogen (secondary N) is 1. The summed E-state index contributed by atoms with van der Waals surface area (Å²) in [5.41, 5.74) is 3.46. The molecular weight excluding hydrogens is 395 g/mol. The van der Waals surface area contributed by atoms with Crippen LogP contribution in [0.1, 0.15) is 30.7 Å². The van der Waals surface area contributed by atoms with Crippen molar-refractivity contribution >= 4 is 23.2 Å². The number of pyridine rings is 1. The van der Waals surface area contributed by atoms with Gasteiger partial charge < -0.3 is 19.6 Å². The molecule has 0 saturated heterocycles. The van der Waals surface area contributed by atoms with E-state index >= 15 is 0 Å². The molecular formula is C24H27FN4O2. The SMILES string of the molecule is CC(C)(C=O)CNCC(=O)N1CCc2c(n(Cc3cccc(F)c3)c3ncccc23)C1. The minimum atomic E-state index is -0.502. The molecule has 0 saturated carbocycles. The van der Waals surface area contributed by atoms with Crippen LogP contribution >= 0.6 is 0 Å². The van der Waals surface area contributed by atoms with Crippen molar-refractivity contribution in [1.29, 1.82) is 0 Å². The van der Waals surface area contributed by atoms with Gasteiger partial charge in [0, 0.05) is 42.3 Å². The van der Waals surface area contributed by atoms with Gasteiger partial charge in [-0.1, -0.05) is 26.0 Å². The van der Waals surface area contributed by atoms with Gasteiger partial charge in [0.2, 0.25) is 5.91 Å². The number of rotatable bonds is 7. The first kappa shape index (κ1) is 21.2. The Morgan fingerprint density at radius 2 is 2.13 bits per heavy atom. The van der Waals surface area contributed by atoms with E-state index in [4.69, 9.17) is 0 Å². The van der Waals surface area contributed by atoms with Crippen molar-refractivity contribution in [1.82, 2.24) is 19.8 Å². The fourth-order valence-electron chi connectivity index (χ4n) is 4.11. The molecule has 1 amide bonds. The van der Waals surface area contributed by atoms with Gasteiger partial charge >= 0.3 is 0 Å². The molecule has 0 radical (unpaired) electrons. The summed E-state index contributed by atoms with van der Waals surface area (Å²) in [5.74, 6) is -0.264. The van der Waals surface area contributed by atoms with E-state index in [0.717, 1.165) is 35.0 Å². The Morgan fingerprint density at radius 3 is 2.90 bits per heavy atom. The summed E-state index contributed by atoms with van der Waals surface area (Å²) in [6.07, 6.45) is 3.41. The molecule has 4 rings (SSSR count). The van der Waals surface area contributed by atoms with E-state index < -0.39 is 5.41 Å². The smallest absolute Gasteiger partial charge is 0.236 e. The predicted molar refractivity (Wildman–Crippen MR) is 117 cm³/mol. The normalized spacial score (nSPS) is 14.0. The summed E-state index contributed by atoms with van der Waals surface area (Å²) in [7, 11) is 0. The molecule has 1 aliphatic rings. The van der Waals surface area contributed by atoms with Gasteiger partial charge in [-0.05, 0) is 41.8 Å². The average Bonchev–Trinajstić information content (AvgIpc) is 3.07. The van der Waals surface area contributed by atoms with Crippen LogP contribution in [0.3, 0.4) is 0 Å². The zero-order valence-electron chi connectivity index (χ0n) is 17.9. The van der Waals surface area contributed by atoms with Crippen molar-refractivity contribution in [2.75, 3.05) is 19.6 Å². The molecule has 3 heterocycles. The van der Waals surface area contributed by atoms with Crippen LogP contribution in [0.2, 0.25) is 0 Å². The van der Waals surface area contributed by atoms with Gasteiger partial charge in [0.05, 0.1) is 13.1 Å². The lowest BCUT2D eigenvalue weighted by molar-refractivity contribution is -0.131. The summed E-state index contributed by atoms with van der Waals surface area (Å²) in [6, 6.07) is 10.6. The van der Waals surface area contributed by atoms with Gasteiger partial charge in [0.25, 0.3) is 0 Å². The van der Waals surface area contributed by atoms with E-state index in [0.29, 0.717) is 26.2 Å². The van der Waals surface area contributed by atoms with E-state index in [2.05, 4.69) is 20.9 Å². The lowest BCUT2D eigenvalue weighted by atomic mass is 9.96. The summed E-state index contributed by atoms with van der Waals surface area (Å²) >= 11 is 0. The molecule has 0 spiro atoms. The van der Waals surface area contributed by atoms with Crippen LogP contribution in [0.25, 0.3) is 11.0 Å². The lowest BCUT2D eigenvalue weighted by Crippen LogP contribution is -2.43. The third-order valence-electron chi connectivity index (χ3n) is 5.77. The van der Waals surface area contributed by atoms with Gasteiger partial charge in [-0.3, -0.25) is 4.79 Å². The quantitative estimate of drug-likeness (QED) is 0.595. The summed E-state index contributed by atoms with van der Waals surface area (Å²) in [4.78, 5) is 30.3. The second-order valence-corrected chi connectivity index (χ2v) is 8.79. The fraction of sp³-hybridized carbons (Fsp3) is 0.375. The average molecular weight is 423 g/mol. The molecule has 0 atom stereocenters. The highest BCUT2D eigenvalue weighted by Gasteiger charge is 2.27. The largest absolute Gasteiger partial charge is 0.335 e. The van der Waals surface area contributed by atoms with E-state index in [1.165, 1.54) is 17.7 Å². The maximum absolute atomic E-state index is 13.7. The van der Waals surface area contributed by atoms with Crippen LogP contribution in [-0.4, -0.2) is 46.3 Å². The summed E-state index contributed by atoms with van der Waals surface area (Å²) in [6.45, 7) is 5.93. The first-order valence-corrected chi connectivity index (χ1v) is 10.5. The maximum atomic E-state index is 13.7. The van der Waals surface area contributed by atoms with Crippen molar-refractivity contribution in [3.05, 3.63) is 65.2 Å². The van der Waals surface area contributed by atoms with Gasteiger partial charge in [0.1, 0.15) is 17.8 Å². The Balaban J connectivity index is 1.58. The van der Waals surface area contributed by atoms with E-state index in [1.54, 1.807) is 12.3 Å². The van der Waals surface area contributed by atoms with Crippen molar-refractivity contribution in [3.8, 4) is 0 Å². The first-order valence-electron chi connectivity index (χ1n) is 10.5. The van der Waals surface area contributed by atoms with Gasteiger partial charge in [-0.15, -0.1) is 0 Å². The van der Waals surface area contributed by atoms with Crippen molar-refractivity contribution in [3.63, 3.8) is 0 Å². The number of hydrogen-bond acceptors (Lipinski definition) is 4. The van der Waals surface area contributed by atoms with E-state index in [-0.39, 0.29) is 18.3 Å². The zero-order chi connectivity index (χ0) is 22.0. The number of benzene rings is 1. The Labute approximate surface area is 181 Å². The number of aldehydes is 1. The minimum absolute atomic E-state index is 0.00266. The highest BCUT2D eigenvalue weighted by molar-refractivity contribution is 5.84. The van der Waals surface area contributed by atoms with Crippen LogP contribution in [-0.2, 0) is 29.1 Å². The monoisotopic (exact) mass is 422 g/mol. The topological polar surface area (TPSA) is 67.2 Å². The van der Waals surface area contributed by atoms with Crippen molar-refractivity contribution in [2.24, 2.45) is 5.41 Å². The summed E-state index contributed by atoms with van der Waals surface area (Å²) < 4.78 is 15.8. The predicted octanol–water partition coefficient (Wildman–Crippen LogP) is 2.92. The standard InChI is InChI=1S/C24H27FN4O2/c1-24(2,16-30)15-26-12-22(31)28-10-8-19-20-7-4-9-27-23(20)29(21(19)14-28)13-17-5-3-6-18(25)11-17/h3-7,9,11,16,26H,8,10,12-15H2,1-2H3. The number of halogens is 1. The number of aromatic nitrogens is 2.